The van der Waals surface area contributed by atoms with Gasteiger partial charge < -0.3 is 15.8 Å². The highest BCUT2D eigenvalue weighted by atomic mass is 16.5. The van der Waals surface area contributed by atoms with Crippen molar-refractivity contribution < 1.29 is 9.53 Å². The van der Waals surface area contributed by atoms with E-state index in [4.69, 9.17) is 10.5 Å². The van der Waals surface area contributed by atoms with Crippen LogP contribution in [-0.2, 0) is 4.79 Å². The fraction of sp³-hybridized carbons (Fsp3) is 0.154. The zero-order valence-electron chi connectivity index (χ0n) is 9.14. The highest BCUT2D eigenvalue weighted by Crippen LogP contribution is 2.36. The molecule has 1 atom stereocenters. The molecule has 86 valence electrons. The number of ether oxygens (including phenoxy) is 1. The first-order valence-electron chi connectivity index (χ1n) is 5.49. The van der Waals surface area contributed by atoms with Crippen molar-refractivity contribution in [3.05, 3.63) is 36.4 Å². The first-order valence-corrected chi connectivity index (χ1v) is 5.49. The van der Waals surface area contributed by atoms with Crippen LogP contribution in [0.15, 0.2) is 36.4 Å². The maximum Gasteiger partial charge on any atom is 0.266 e. The van der Waals surface area contributed by atoms with Crippen LogP contribution in [0.3, 0.4) is 0 Å². The molecule has 3 rings (SSSR count). The van der Waals surface area contributed by atoms with Gasteiger partial charge in [-0.05, 0) is 11.5 Å². The van der Waals surface area contributed by atoms with Gasteiger partial charge in [0.05, 0.1) is 5.69 Å². The largest absolute Gasteiger partial charge is 0.476 e. The summed E-state index contributed by atoms with van der Waals surface area (Å²) in [4.78, 5) is 11.6. The zero-order valence-corrected chi connectivity index (χ0v) is 9.14. The van der Waals surface area contributed by atoms with Crippen molar-refractivity contribution in [2.75, 3.05) is 11.9 Å². The molecule has 0 aliphatic carbocycles. The number of anilines is 1. The highest BCUT2D eigenvalue weighted by molar-refractivity contribution is 6.03. The average Bonchev–Trinajstić information content (AvgIpc) is 2.37. The predicted octanol–water partition coefficient (Wildman–Crippen LogP) is 1.50. The molecule has 0 fully saturated rings. The van der Waals surface area contributed by atoms with Gasteiger partial charge in [0, 0.05) is 11.9 Å². The molecule has 1 amide bonds. The van der Waals surface area contributed by atoms with Crippen LogP contribution in [0.2, 0.25) is 0 Å². The van der Waals surface area contributed by atoms with Crippen LogP contribution in [0.5, 0.6) is 5.75 Å². The Balaban J connectivity index is 2.20. The number of nitrogens with one attached hydrogen (secondary N) is 1. The Morgan fingerprint density at radius 2 is 2.06 bits per heavy atom. The molecule has 1 aliphatic heterocycles. The predicted molar refractivity (Wildman–Crippen MR) is 66.0 cm³/mol. The van der Waals surface area contributed by atoms with Crippen molar-refractivity contribution in [2.45, 2.75) is 6.10 Å². The molecular formula is C13H12N2O2. The van der Waals surface area contributed by atoms with Crippen LogP contribution in [0.25, 0.3) is 10.8 Å². The Morgan fingerprint density at radius 1 is 1.24 bits per heavy atom. The molecule has 2 aromatic carbocycles. The molecule has 0 radical (unpaired) electrons. The number of fused-ring (bicyclic) bond motifs is 3. The van der Waals surface area contributed by atoms with Gasteiger partial charge in [-0.3, -0.25) is 4.79 Å². The maximum atomic E-state index is 11.6. The van der Waals surface area contributed by atoms with Gasteiger partial charge >= 0.3 is 0 Å². The lowest BCUT2D eigenvalue weighted by atomic mass is 10.1. The Labute approximate surface area is 98.4 Å². The van der Waals surface area contributed by atoms with Crippen molar-refractivity contribution in [1.82, 2.24) is 0 Å². The second-order valence-electron chi connectivity index (χ2n) is 3.99. The fourth-order valence-corrected chi connectivity index (χ4v) is 2.03. The molecule has 0 saturated heterocycles. The molecule has 1 aliphatic rings. The van der Waals surface area contributed by atoms with Gasteiger partial charge in [0.15, 0.2) is 11.9 Å². The van der Waals surface area contributed by atoms with Gasteiger partial charge in [-0.15, -0.1) is 0 Å². The Bertz CT molecular complexity index is 595. The summed E-state index contributed by atoms with van der Waals surface area (Å²) in [6.07, 6.45) is -0.603. The number of carbonyl (C=O) groups is 1. The van der Waals surface area contributed by atoms with E-state index in [9.17, 15) is 4.79 Å². The number of amides is 1. The fourth-order valence-electron chi connectivity index (χ4n) is 2.03. The number of carbonyl (C=O) groups excluding carboxylic acids is 1. The summed E-state index contributed by atoms with van der Waals surface area (Å²) in [5.41, 5.74) is 6.22. The molecule has 1 heterocycles. The number of hydrogen-bond donors (Lipinski definition) is 2. The lowest BCUT2D eigenvalue weighted by Gasteiger charge is -2.26. The lowest BCUT2D eigenvalue weighted by molar-refractivity contribution is -0.123. The average molecular weight is 228 g/mol. The smallest absolute Gasteiger partial charge is 0.266 e. The van der Waals surface area contributed by atoms with Gasteiger partial charge in [-0.25, -0.2) is 0 Å². The monoisotopic (exact) mass is 228 g/mol. The summed E-state index contributed by atoms with van der Waals surface area (Å²) >= 11 is 0. The van der Waals surface area contributed by atoms with E-state index in [2.05, 4.69) is 5.32 Å². The van der Waals surface area contributed by atoms with E-state index < -0.39 is 6.10 Å². The molecule has 17 heavy (non-hydrogen) atoms. The number of nitrogens with two attached hydrogens (primary N) is 1. The van der Waals surface area contributed by atoms with E-state index in [0.717, 1.165) is 10.8 Å². The SMILES string of the molecule is NCC1Oc2c(ccc3ccccc23)NC1=O. The first-order chi connectivity index (χ1) is 8.29. The lowest BCUT2D eigenvalue weighted by Crippen LogP contribution is -2.42. The van der Waals surface area contributed by atoms with E-state index in [1.54, 1.807) is 0 Å². The third kappa shape index (κ3) is 1.54. The Kier molecular flexibility index (Phi) is 2.23. The third-order valence-electron chi connectivity index (χ3n) is 2.90. The van der Waals surface area contributed by atoms with Crippen LogP contribution < -0.4 is 15.8 Å². The quantitative estimate of drug-likeness (QED) is 0.777. The summed E-state index contributed by atoms with van der Waals surface area (Å²) in [5, 5.41) is 4.88. The van der Waals surface area contributed by atoms with Crippen LogP contribution in [0.4, 0.5) is 5.69 Å². The van der Waals surface area contributed by atoms with Gasteiger partial charge in [0.1, 0.15) is 0 Å². The normalized spacial score (nSPS) is 18.4. The van der Waals surface area contributed by atoms with E-state index >= 15 is 0 Å². The molecule has 0 spiro atoms. The summed E-state index contributed by atoms with van der Waals surface area (Å²) < 4.78 is 5.67. The van der Waals surface area contributed by atoms with Crippen LogP contribution >= 0.6 is 0 Å². The van der Waals surface area contributed by atoms with Gasteiger partial charge in [0.2, 0.25) is 0 Å². The van der Waals surface area contributed by atoms with Crippen LogP contribution in [0, 0.1) is 0 Å². The summed E-state index contributed by atoms with van der Waals surface area (Å²) in [5.74, 6) is 0.522. The topological polar surface area (TPSA) is 64.3 Å². The summed E-state index contributed by atoms with van der Waals surface area (Å²) in [7, 11) is 0. The van der Waals surface area contributed by atoms with Crippen molar-refractivity contribution in [3.63, 3.8) is 0 Å². The molecular weight excluding hydrogens is 216 g/mol. The number of hydrogen-bond acceptors (Lipinski definition) is 3. The molecule has 4 heteroatoms. The van der Waals surface area contributed by atoms with E-state index in [-0.39, 0.29) is 12.5 Å². The van der Waals surface area contributed by atoms with Crippen LogP contribution in [0.1, 0.15) is 0 Å². The van der Waals surface area contributed by atoms with E-state index in [1.165, 1.54) is 0 Å². The molecule has 0 aromatic heterocycles. The molecule has 0 saturated carbocycles. The maximum absolute atomic E-state index is 11.6. The van der Waals surface area contributed by atoms with Crippen LogP contribution in [-0.4, -0.2) is 18.6 Å². The van der Waals surface area contributed by atoms with Gasteiger partial charge in [-0.1, -0.05) is 30.3 Å². The van der Waals surface area contributed by atoms with E-state index in [0.29, 0.717) is 11.4 Å². The molecule has 1 unspecified atom stereocenters. The second-order valence-corrected chi connectivity index (χ2v) is 3.99. The Hall–Kier alpha value is -2.07. The number of benzene rings is 2. The molecule has 2 aromatic rings. The third-order valence-corrected chi connectivity index (χ3v) is 2.90. The summed E-state index contributed by atoms with van der Waals surface area (Å²) in [6, 6.07) is 11.7. The number of rotatable bonds is 1. The highest BCUT2D eigenvalue weighted by Gasteiger charge is 2.27. The molecule has 4 nitrogen and oxygen atoms in total. The minimum atomic E-state index is -0.603. The minimum absolute atomic E-state index is 0.175. The van der Waals surface area contributed by atoms with Gasteiger partial charge in [-0.2, -0.15) is 0 Å². The van der Waals surface area contributed by atoms with Crippen molar-refractivity contribution in [3.8, 4) is 5.75 Å². The van der Waals surface area contributed by atoms with Gasteiger partial charge in [0.25, 0.3) is 5.91 Å². The standard InChI is InChI=1S/C13H12N2O2/c14-7-11-13(16)15-10-6-5-8-3-1-2-4-9(8)12(10)17-11/h1-6,11H,7,14H2,(H,15,16). The molecule has 3 N–H and O–H groups in total. The van der Waals surface area contributed by atoms with Crippen molar-refractivity contribution in [1.29, 1.82) is 0 Å². The second kappa shape index (κ2) is 3.75. The Morgan fingerprint density at radius 3 is 2.88 bits per heavy atom. The summed E-state index contributed by atoms with van der Waals surface area (Å²) in [6.45, 7) is 0.175. The van der Waals surface area contributed by atoms with E-state index in [1.807, 2.05) is 36.4 Å². The minimum Gasteiger partial charge on any atom is -0.476 e. The first kappa shape index (κ1) is 10.1. The zero-order chi connectivity index (χ0) is 11.8. The van der Waals surface area contributed by atoms with Crippen molar-refractivity contribution >= 4 is 22.4 Å². The van der Waals surface area contributed by atoms with Crippen molar-refractivity contribution in [2.24, 2.45) is 5.73 Å². The molecule has 0 bridgehead atoms.